The third kappa shape index (κ3) is 7.86. The predicted octanol–water partition coefficient (Wildman–Crippen LogP) is 4.55. The van der Waals surface area contributed by atoms with Gasteiger partial charge in [-0.25, -0.2) is 0 Å². The molecule has 1 fully saturated rings. The van der Waals surface area contributed by atoms with E-state index >= 15 is 0 Å². The van der Waals surface area contributed by atoms with Crippen molar-refractivity contribution in [1.82, 2.24) is 0 Å². The Morgan fingerprint density at radius 2 is 1.24 bits per heavy atom. The van der Waals surface area contributed by atoms with Gasteiger partial charge in [-0.1, -0.05) is 72.8 Å². The van der Waals surface area contributed by atoms with Gasteiger partial charge in [0.05, 0.1) is 26.4 Å². The largest absolute Gasteiger partial charge is 0.489 e. The number of benzene rings is 3. The topological polar surface area (TPSA) is 86.6 Å². The van der Waals surface area contributed by atoms with Gasteiger partial charge in [-0.05, 0) is 49.1 Å². The van der Waals surface area contributed by atoms with Gasteiger partial charge in [0.25, 0.3) is 0 Å². The molecule has 0 radical (unpaired) electrons. The number of hydrogen-bond donors (Lipinski definition) is 2. The zero-order valence-corrected chi connectivity index (χ0v) is 22.3. The van der Waals surface area contributed by atoms with E-state index in [0.29, 0.717) is 19.8 Å². The zero-order valence-electron chi connectivity index (χ0n) is 22.3. The van der Waals surface area contributed by atoms with Crippen LogP contribution in [-0.2, 0) is 38.8 Å². The molecule has 7 nitrogen and oxygen atoms in total. The van der Waals surface area contributed by atoms with Crippen LogP contribution in [0.1, 0.15) is 36.1 Å². The van der Waals surface area contributed by atoms with Gasteiger partial charge in [0, 0.05) is 0 Å². The van der Waals surface area contributed by atoms with E-state index in [-0.39, 0.29) is 13.2 Å². The summed E-state index contributed by atoms with van der Waals surface area (Å²) in [5.41, 5.74) is 4.07. The van der Waals surface area contributed by atoms with Gasteiger partial charge in [-0.15, -0.1) is 0 Å². The molecule has 1 saturated heterocycles. The number of ether oxygens (including phenoxy) is 5. The van der Waals surface area contributed by atoms with Gasteiger partial charge >= 0.3 is 0 Å². The molecule has 0 aromatic heterocycles. The second-order valence-corrected chi connectivity index (χ2v) is 10.0. The summed E-state index contributed by atoms with van der Waals surface area (Å²) < 4.78 is 29.4. The molecule has 204 valence electrons. The van der Waals surface area contributed by atoms with Crippen molar-refractivity contribution in [1.29, 1.82) is 0 Å². The highest BCUT2D eigenvalue weighted by Crippen LogP contribution is 2.32. The number of aliphatic hydroxyl groups excluding tert-OH is 2. The van der Waals surface area contributed by atoms with E-state index in [4.69, 9.17) is 23.7 Å². The molecular weight excluding hydrogens is 484 g/mol. The zero-order chi connectivity index (χ0) is 27.0. The van der Waals surface area contributed by atoms with Crippen molar-refractivity contribution in [3.05, 3.63) is 101 Å². The summed E-state index contributed by atoms with van der Waals surface area (Å²) >= 11 is 0. The van der Waals surface area contributed by atoms with Gasteiger partial charge in [0.1, 0.15) is 36.8 Å². The fourth-order valence-corrected chi connectivity index (χ4v) is 4.47. The van der Waals surface area contributed by atoms with Crippen LogP contribution in [0.2, 0.25) is 0 Å². The minimum Gasteiger partial charge on any atom is -0.489 e. The third-order valence-electron chi connectivity index (χ3n) is 6.50. The molecule has 0 unspecified atom stereocenters. The Morgan fingerprint density at radius 3 is 1.82 bits per heavy atom. The first-order valence-electron chi connectivity index (χ1n) is 13.0. The van der Waals surface area contributed by atoms with Crippen LogP contribution in [0.5, 0.6) is 5.75 Å². The van der Waals surface area contributed by atoms with Crippen LogP contribution < -0.4 is 4.74 Å². The van der Waals surface area contributed by atoms with Crippen LogP contribution in [0, 0.1) is 6.92 Å². The standard InChI is InChI=1S/C31H38O7/c1-22-25(15-10-16-28(22)36-18-24-13-8-5-9-14-24)19-35-21-27(33)30-29(37-31(2,3)38-30)26(32)20-34-17-23-11-6-4-7-12-23/h4-16,26-27,29-30,32-33H,17-21H2,1-3H3/t26-,27-,29-,30-/m1/s1. The summed E-state index contributed by atoms with van der Waals surface area (Å²) in [4.78, 5) is 0. The lowest BCUT2D eigenvalue weighted by Gasteiger charge is -2.25. The normalized spacial score (nSPS) is 20.2. The van der Waals surface area contributed by atoms with E-state index in [1.54, 1.807) is 13.8 Å². The first-order valence-corrected chi connectivity index (χ1v) is 13.0. The van der Waals surface area contributed by atoms with Gasteiger partial charge in [-0.3, -0.25) is 0 Å². The monoisotopic (exact) mass is 522 g/mol. The van der Waals surface area contributed by atoms with Crippen LogP contribution in [0.25, 0.3) is 0 Å². The summed E-state index contributed by atoms with van der Waals surface area (Å²) in [6, 6.07) is 25.6. The fraction of sp³-hybridized carbons (Fsp3) is 0.419. The maximum Gasteiger partial charge on any atom is 0.164 e. The van der Waals surface area contributed by atoms with Gasteiger partial charge in [-0.2, -0.15) is 0 Å². The van der Waals surface area contributed by atoms with E-state index in [2.05, 4.69) is 0 Å². The summed E-state index contributed by atoms with van der Waals surface area (Å²) in [5, 5.41) is 21.7. The molecule has 2 N–H and O–H groups in total. The van der Waals surface area contributed by atoms with Crippen molar-refractivity contribution in [2.75, 3.05) is 13.2 Å². The fourth-order valence-electron chi connectivity index (χ4n) is 4.47. The molecule has 3 aromatic carbocycles. The van der Waals surface area contributed by atoms with Crippen LogP contribution in [0.4, 0.5) is 0 Å². The first-order chi connectivity index (χ1) is 18.3. The molecule has 4 rings (SSSR count). The molecule has 1 aliphatic heterocycles. The van der Waals surface area contributed by atoms with Crippen LogP contribution in [-0.4, -0.2) is 53.6 Å². The van der Waals surface area contributed by atoms with Crippen molar-refractivity contribution < 1.29 is 33.9 Å². The summed E-state index contributed by atoms with van der Waals surface area (Å²) in [5.74, 6) is -0.152. The average Bonchev–Trinajstić information content (AvgIpc) is 3.25. The van der Waals surface area contributed by atoms with Gasteiger partial charge in [0.15, 0.2) is 5.79 Å². The molecule has 3 aromatic rings. The van der Waals surface area contributed by atoms with E-state index in [0.717, 1.165) is 28.0 Å². The lowest BCUT2D eigenvalue weighted by molar-refractivity contribution is -0.165. The molecule has 0 bridgehead atoms. The molecule has 7 heteroatoms. The Morgan fingerprint density at radius 1 is 0.711 bits per heavy atom. The number of aliphatic hydroxyl groups is 2. The lowest BCUT2D eigenvalue weighted by atomic mass is 10.0. The molecule has 38 heavy (non-hydrogen) atoms. The minimum atomic E-state index is -0.997. The quantitative estimate of drug-likeness (QED) is 0.341. The smallest absolute Gasteiger partial charge is 0.164 e. The van der Waals surface area contributed by atoms with E-state index < -0.39 is 30.2 Å². The molecule has 0 saturated carbocycles. The molecule has 0 spiro atoms. The number of rotatable bonds is 13. The van der Waals surface area contributed by atoms with Gasteiger partial charge in [0.2, 0.25) is 0 Å². The Labute approximate surface area is 224 Å². The van der Waals surface area contributed by atoms with Crippen molar-refractivity contribution >= 4 is 0 Å². The van der Waals surface area contributed by atoms with Crippen molar-refractivity contribution in [2.45, 2.75) is 70.8 Å². The SMILES string of the molecule is Cc1c(COC[C@@H](O)[C@H]2OC(C)(C)O[C@@H]2[C@H](O)COCc2ccccc2)cccc1OCc1ccccc1. The summed E-state index contributed by atoms with van der Waals surface area (Å²) in [7, 11) is 0. The van der Waals surface area contributed by atoms with Crippen molar-refractivity contribution in [3.63, 3.8) is 0 Å². The van der Waals surface area contributed by atoms with Crippen molar-refractivity contribution in [2.24, 2.45) is 0 Å². The summed E-state index contributed by atoms with van der Waals surface area (Å²) in [6.45, 7) is 6.75. The Bertz CT molecular complexity index is 1120. The summed E-state index contributed by atoms with van der Waals surface area (Å²) in [6.07, 6.45) is -3.48. The predicted molar refractivity (Wildman–Crippen MR) is 144 cm³/mol. The Balaban J connectivity index is 1.28. The van der Waals surface area contributed by atoms with E-state index in [1.165, 1.54) is 0 Å². The van der Waals surface area contributed by atoms with Crippen molar-refractivity contribution in [3.8, 4) is 5.75 Å². The second-order valence-electron chi connectivity index (χ2n) is 10.0. The first kappa shape index (κ1) is 28.2. The second kappa shape index (κ2) is 13.3. The minimum absolute atomic E-state index is 0.0206. The highest BCUT2D eigenvalue weighted by atomic mass is 16.8. The third-order valence-corrected chi connectivity index (χ3v) is 6.50. The van der Waals surface area contributed by atoms with E-state index in [9.17, 15) is 10.2 Å². The highest BCUT2D eigenvalue weighted by Gasteiger charge is 2.48. The molecule has 1 heterocycles. The van der Waals surface area contributed by atoms with Crippen LogP contribution in [0.15, 0.2) is 78.9 Å². The van der Waals surface area contributed by atoms with Gasteiger partial charge < -0.3 is 33.9 Å². The molecular formula is C31H38O7. The Kier molecular flexibility index (Phi) is 9.91. The number of hydrogen-bond acceptors (Lipinski definition) is 7. The lowest BCUT2D eigenvalue weighted by Crippen LogP contribution is -2.45. The maximum absolute atomic E-state index is 10.9. The maximum atomic E-state index is 10.9. The van der Waals surface area contributed by atoms with Crippen LogP contribution in [0.3, 0.4) is 0 Å². The van der Waals surface area contributed by atoms with E-state index in [1.807, 2.05) is 85.8 Å². The molecule has 4 atom stereocenters. The van der Waals surface area contributed by atoms with Crippen LogP contribution >= 0.6 is 0 Å². The highest BCUT2D eigenvalue weighted by molar-refractivity contribution is 5.39. The average molecular weight is 523 g/mol. The molecule has 0 amide bonds. The molecule has 1 aliphatic rings. The molecule has 0 aliphatic carbocycles. The Hall–Kier alpha value is -2.78.